The van der Waals surface area contributed by atoms with Crippen LogP contribution in [0.1, 0.15) is 19.8 Å². The second-order valence-electron chi connectivity index (χ2n) is 4.74. The maximum absolute atomic E-state index is 12.1. The molecule has 0 bridgehead atoms. The van der Waals surface area contributed by atoms with E-state index in [1.54, 1.807) is 7.11 Å². The largest absolute Gasteiger partial charge is 0.401 e. The number of aliphatic imine (C=N–C) groups is 1. The fourth-order valence-corrected chi connectivity index (χ4v) is 1.68. The highest BCUT2D eigenvalue weighted by molar-refractivity contribution is 14.0. The van der Waals surface area contributed by atoms with E-state index in [0.29, 0.717) is 38.6 Å². The molecule has 22 heavy (non-hydrogen) atoms. The Balaban J connectivity index is 0. The van der Waals surface area contributed by atoms with E-state index in [-0.39, 0.29) is 24.0 Å². The smallest absolute Gasteiger partial charge is 0.385 e. The Bertz CT molecular complexity index is 291. The van der Waals surface area contributed by atoms with Gasteiger partial charge in [0.15, 0.2) is 5.96 Å². The molecular weight excluding hydrogens is 412 g/mol. The van der Waals surface area contributed by atoms with E-state index in [4.69, 9.17) is 4.74 Å². The first-order chi connectivity index (χ1) is 9.89. The molecule has 0 aliphatic heterocycles. The third-order valence-electron chi connectivity index (χ3n) is 2.58. The molecule has 9 heteroatoms. The molecule has 0 atom stereocenters. The first-order valence-corrected chi connectivity index (χ1v) is 7.15. The number of rotatable bonds is 10. The fraction of sp³-hybridized carbons (Fsp3) is 0.923. The molecule has 0 amide bonds. The van der Waals surface area contributed by atoms with Gasteiger partial charge in [-0.15, -0.1) is 24.0 Å². The Morgan fingerprint density at radius 3 is 2.45 bits per heavy atom. The molecule has 0 fully saturated rings. The van der Waals surface area contributed by atoms with E-state index in [0.717, 1.165) is 13.0 Å². The Morgan fingerprint density at radius 2 is 1.91 bits per heavy atom. The van der Waals surface area contributed by atoms with Crippen molar-refractivity contribution in [2.45, 2.75) is 25.9 Å². The number of methoxy groups -OCH3 is 1. The topological polar surface area (TPSA) is 48.9 Å². The van der Waals surface area contributed by atoms with Crippen LogP contribution >= 0.6 is 24.0 Å². The summed E-state index contributed by atoms with van der Waals surface area (Å²) < 4.78 is 41.4. The summed E-state index contributed by atoms with van der Waals surface area (Å²) in [5, 5.41) is 6.20. The molecule has 0 aliphatic carbocycles. The molecule has 2 N–H and O–H groups in total. The van der Waals surface area contributed by atoms with Gasteiger partial charge < -0.3 is 15.4 Å². The van der Waals surface area contributed by atoms with Gasteiger partial charge in [0, 0.05) is 33.4 Å². The summed E-state index contributed by atoms with van der Waals surface area (Å²) in [5.41, 5.74) is 0. The maximum Gasteiger partial charge on any atom is 0.401 e. The summed E-state index contributed by atoms with van der Waals surface area (Å²) in [7, 11) is 3.11. The molecule has 0 aromatic carbocycles. The summed E-state index contributed by atoms with van der Waals surface area (Å²) in [6.45, 7) is 4.10. The first kappa shape index (κ1) is 24.0. The van der Waals surface area contributed by atoms with Crippen LogP contribution in [-0.4, -0.2) is 70.5 Å². The summed E-state index contributed by atoms with van der Waals surface area (Å²) in [6, 6.07) is 0. The van der Waals surface area contributed by atoms with Crippen LogP contribution in [0.25, 0.3) is 0 Å². The van der Waals surface area contributed by atoms with Crippen LogP contribution in [-0.2, 0) is 4.74 Å². The average Bonchev–Trinajstić information content (AvgIpc) is 2.37. The van der Waals surface area contributed by atoms with Crippen LogP contribution < -0.4 is 10.6 Å². The van der Waals surface area contributed by atoms with Gasteiger partial charge in [0.2, 0.25) is 0 Å². The number of nitrogens with one attached hydrogen (secondary N) is 2. The van der Waals surface area contributed by atoms with Crippen molar-refractivity contribution in [3.8, 4) is 0 Å². The van der Waals surface area contributed by atoms with Gasteiger partial charge in [-0.05, 0) is 33.4 Å². The third-order valence-corrected chi connectivity index (χ3v) is 2.58. The molecule has 0 spiro atoms. The van der Waals surface area contributed by atoms with Crippen molar-refractivity contribution in [2.75, 3.05) is 53.5 Å². The van der Waals surface area contributed by atoms with Crippen LogP contribution in [0, 0.1) is 0 Å². The zero-order valence-corrected chi connectivity index (χ0v) is 15.8. The lowest BCUT2D eigenvalue weighted by atomic mass is 10.4. The van der Waals surface area contributed by atoms with Crippen molar-refractivity contribution in [1.29, 1.82) is 0 Å². The van der Waals surface area contributed by atoms with Crippen LogP contribution in [0.3, 0.4) is 0 Å². The number of ether oxygens (including phenoxy) is 1. The second-order valence-corrected chi connectivity index (χ2v) is 4.74. The molecule has 0 heterocycles. The number of hydrogen-bond acceptors (Lipinski definition) is 3. The van der Waals surface area contributed by atoms with E-state index >= 15 is 0 Å². The second kappa shape index (κ2) is 14.3. The summed E-state index contributed by atoms with van der Waals surface area (Å²) in [4.78, 5) is 5.62. The van der Waals surface area contributed by atoms with E-state index in [2.05, 4.69) is 15.6 Å². The number of alkyl halides is 3. The fourth-order valence-electron chi connectivity index (χ4n) is 1.68. The molecular formula is C13H28F3IN4O. The van der Waals surface area contributed by atoms with E-state index in [1.807, 2.05) is 6.92 Å². The third kappa shape index (κ3) is 16.1. The van der Waals surface area contributed by atoms with Crippen molar-refractivity contribution in [3.63, 3.8) is 0 Å². The Kier molecular flexibility index (Phi) is 15.6. The van der Waals surface area contributed by atoms with Gasteiger partial charge in [-0.3, -0.25) is 9.89 Å². The van der Waals surface area contributed by atoms with E-state index in [9.17, 15) is 13.2 Å². The highest BCUT2D eigenvalue weighted by Crippen LogP contribution is 2.15. The Morgan fingerprint density at radius 1 is 1.23 bits per heavy atom. The number of hydrogen-bond donors (Lipinski definition) is 2. The van der Waals surface area contributed by atoms with Crippen LogP contribution in [0.2, 0.25) is 0 Å². The number of halogens is 4. The van der Waals surface area contributed by atoms with Gasteiger partial charge in [-0.2, -0.15) is 13.2 Å². The van der Waals surface area contributed by atoms with Gasteiger partial charge in [-0.25, -0.2) is 0 Å². The molecule has 0 saturated carbocycles. The molecule has 0 radical (unpaired) electrons. The van der Waals surface area contributed by atoms with Crippen LogP contribution in [0.5, 0.6) is 0 Å². The van der Waals surface area contributed by atoms with Gasteiger partial charge in [0.05, 0.1) is 6.54 Å². The van der Waals surface area contributed by atoms with Crippen molar-refractivity contribution in [3.05, 3.63) is 0 Å². The molecule has 0 unspecified atom stereocenters. The summed E-state index contributed by atoms with van der Waals surface area (Å²) in [5.74, 6) is 0.687. The minimum Gasteiger partial charge on any atom is -0.385 e. The molecule has 0 aromatic heterocycles. The highest BCUT2D eigenvalue weighted by Gasteiger charge is 2.28. The van der Waals surface area contributed by atoms with Crippen molar-refractivity contribution >= 4 is 29.9 Å². The molecule has 0 saturated heterocycles. The first-order valence-electron chi connectivity index (χ1n) is 7.15. The van der Waals surface area contributed by atoms with Crippen molar-refractivity contribution in [2.24, 2.45) is 4.99 Å². The quantitative estimate of drug-likeness (QED) is 0.237. The van der Waals surface area contributed by atoms with Crippen molar-refractivity contribution in [1.82, 2.24) is 15.5 Å². The van der Waals surface area contributed by atoms with Crippen LogP contribution in [0.15, 0.2) is 4.99 Å². The Labute approximate surface area is 148 Å². The van der Waals surface area contributed by atoms with Crippen LogP contribution in [0.4, 0.5) is 13.2 Å². The summed E-state index contributed by atoms with van der Waals surface area (Å²) >= 11 is 0. The summed E-state index contributed by atoms with van der Waals surface area (Å²) in [6.07, 6.45) is -2.68. The van der Waals surface area contributed by atoms with Crippen molar-refractivity contribution < 1.29 is 17.9 Å². The monoisotopic (exact) mass is 440 g/mol. The SMILES string of the molecule is CCNC(=NCCCOC)NCCCN(C)CC(F)(F)F.I. The van der Waals surface area contributed by atoms with Gasteiger partial charge in [0.25, 0.3) is 0 Å². The molecule has 5 nitrogen and oxygen atoms in total. The zero-order chi connectivity index (χ0) is 16.1. The predicted octanol–water partition coefficient (Wildman–Crippen LogP) is 2.08. The van der Waals surface area contributed by atoms with Gasteiger partial charge in [-0.1, -0.05) is 0 Å². The van der Waals surface area contributed by atoms with Gasteiger partial charge >= 0.3 is 6.18 Å². The standard InChI is InChI=1S/C13H27F3N4O.HI/c1-4-17-12(19-8-6-10-21-3)18-7-5-9-20(2)11-13(14,15)16;/h4-11H2,1-3H3,(H2,17,18,19);1H. The molecule has 0 rings (SSSR count). The molecule has 134 valence electrons. The molecule has 0 aromatic rings. The lowest BCUT2D eigenvalue weighted by Gasteiger charge is -2.18. The van der Waals surface area contributed by atoms with E-state index < -0.39 is 12.7 Å². The maximum atomic E-state index is 12.1. The van der Waals surface area contributed by atoms with E-state index in [1.165, 1.54) is 11.9 Å². The van der Waals surface area contributed by atoms with Gasteiger partial charge in [0.1, 0.15) is 0 Å². The lowest BCUT2D eigenvalue weighted by Crippen LogP contribution is -2.39. The lowest BCUT2D eigenvalue weighted by molar-refractivity contribution is -0.143. The number of guanidine groups is 1. The predicted molar refractivity (Wildman–Crippen MR) is 94.1 cm³/mol. The number of nitrogens with zero attached hydrogens (tertiary/aromatic N) is 2. The average molecular weight is 440 g/mol. The minimum absolute atomic E-state index is 0. The highest BCUT2D eigenvalue weighted by atomic mass is 127. The molecule has 0 aliphatic rings. The Hall–Kier alpha value is -0.290. The normalized spacial score (nSPS) is 12.2. The minimum atomic E-state index is -4.14. The zero-order valence-electron chi connectivity index (χ0n) is 13.5.